The largest absolute Gasteiger partial charge is 0.466 e. The van der Waals surface area contributed by atoms with E-state index in [-0.39, 0.29) is 36.2 Å². The van der Waals surface area contributed by atoms with Gasteiger partial charge in [-0.05, 0) is 32.9 Å². The van der Waals surface area contributed by atoms with E-state index in [1.165, 1.54) is 11.9 Å². The topological polar surface area (TPSA) is 66.9 Å². The van der Waals surface area contributed by atoms with Gasteiger partial charge in [-0.25, -0.2) is 0 Å². The predicted molar refractivity (Wildman–Crippen MR) is 67.1 cm³/mol. The third-order valence-electron chi connectivity index (χ3n) is 3.95. The number of likely N-dealkylation sites (tertiary alicyclic amines) is 2. The first-order valence-electron chi connectivity index (χ1n) is 6.75. The van der Waals surface area contributed by atoms with Gasteiger partial charge in [0.15, 0.2) is 0 Å². The molecule has 0 aliphatic carbocycles. The SMILES string of the molecule is CCOC(=O)C1CCN(C2CC(=O)N(C)C2=O)CC1. The average molecular weight is 268 g/mol. The Bertz CT molecular complexity index is 388. The maximum Gasteiger partial charge on any atom is 0.309 e. The van der Waals surface area contributed by atoms with Crippen LogP contribution >= 0.6 is 0 Å². The number of esters is 1. The molecule has 1 atom stereocenters. The minimum absolute atomic E-state index is 0.0684. The Kier molecular flexibility index (Phi) is 4.19. The summed E-state index contributed by atoms with van der Waals surface area (Å²) in [6.07, 6.45) is 1.65. The van der Waals surface area contributed by atoms with Crippen molar-refractivity contribution in [1.82, 2.24) is 9.80 Å². The molecule has 2 rings (SSSR count). The van der Waals surface area contributed by atoms with E-state index in [9.17, 15) is 14.4 Å². The van der Waals surface area contributed by atoms with E-state index < -0.39 is 0 Å². The van der Waals surface area contributed by atoms with E-state index in [2.05, 4.69) is 0 Å². The van der Waals surface area contributed by atoms with E-state index in [1.54, 1.807) is 6.92 Å². The Morgan fingerprint density at radius 3 is 2.42 bits per heavy atom. The summed E-state index contributed by atoms with van der Waals surface area (Å²) < 4.78 is 5.01. The summed E-state index contributed by atoms with van der Waals surface area (Å²) in [6, 6.07) is -0.333. The van der Waals surface area contributed by atoms with Crippen LogP contribution in [0.25, 0.3) is 0 Å². The number of ether oxygens (including phenoxy) is 1. The fourth-order valence-corrected chi connectivity index (χ4v) is 2.73. The molecule has 2 fully saturated rings. The van der Waals surface area contributed by atoms with Crippen LogP contribution in [0.1, 0.15) is 26.2 Å². The van der Waals surface area contributed by atoms with Crippen LogP contribution in [0, 0.1) is 5.92 Å². The smallest absolute Gasteiger partial charge is 0.309 e. The van der Waals surface area contributed by atoms with Crippen molar-refractivity contribution in [3.8, 4) is 0 Å². The van der Waals surface area contributed by atoms with Crippen molar-refractivity contribution in [2.75, 3.05) is 26.7 Å². The molecule has 6 heteroatoms. The van der Waals surface area contributed by atoms with Crippen LogP contribution in [0.5, 0.6) is 0 Å². The van der Waals surface area contributed by atoms with Crippen LogP contribution in [0.3, 0.4) is 0 Å². The van der Waals surface area contributed by atoms with Gasteiger partial charge in [-0.3, -0.25) is 24.2 Å². The summed E-state index contributed by atoms with van der Waals surface area (Å²) >= 11 is 0. The zero-order valence-electron chi connectivity index (χ0n) is 11.4. The van der Waals surface area contributed by atoms with Gasteiger partial charge in [-0.2, -0.15) is 0 Å². The number of carbonyl (C=O) groups is 3. The second-order valence-electron chi connectivity index (χ2n) is 5.07. The highest BCUT2D eigenvalue weighted by Crippen LogP contribution is 2.24. The molecule has 0 aromatic carbocycles. The first kappa shape index (κ1) is 14.0. The molecule has 1 unspecified atom stereocenters. The van der Waals surface area contributed by atoms with Gasteiger partial charge in [0.05, 0.1) is 25.0 Å². The molecular formula is C13H20N2O4. The summed E-state index contributed by atoms with van der Waals surface area (Å²) in [6.45, 7) is 3.53. The first-order chi connectivity index (χ1) is 9.04. The van der Waals surface area contributed by atoms with Crippen molar-refractivity contribution < 1.29 is 19.1 Å². The Labute approximate surface area is 112 Å². The van der Waals surface area contributed by atoms with Gasteiger partial charge in [0.2, 0.25) is 11.8 Å². The summed E-state index contributed by atoms with van der Waals surface area (Å²) in [4.78, 5) is 38.2. The Morgan fingerprint density at radius 1 is 1.32 bits per heavy atom. The summed E-state index contributed by atoms with van der Waals surface area (Å²) in [5, 5.41) is 0. The van der Waals surface area contributed by atoms with Gasteiger partial charge < -0.3 is 4.74 Å². The number of hydrogen-bond donors (Lipinski definition) is 0. The number of rotatable bonds is 3. The van der Waals surface area contributed by atoms with Gasteiger partial charge in [0, 0.05) is 7.05 Å². The van der Waals surface area contributed by atoms with Crippen LogP contribution in [-0.4, -0.2) is 60.4 Å². The Morgan fingerprint density at radius 2 is 1.95 bits per heavy atom. The quantitative estimate of drug-likeness (QED) is 0.533. The average Bonchev–Trinajstić information content (AvgIpc) is 2.67. The molecule has 2 aliphatic rings. The molecular weight excluding hydrogens is 248 g/mol. The fourth-order valence-electron chi connectivity index (χ4n) is 2.73. The number of piperidine rings is 1. The highest BCUT2D eigenvalue weighted by Gasteiger charge is 2.41. The molecule has 2 amide bonds. The van der Waals surface area contributed by atoms with Crippen LogP contribution in [0.2, 0.25) is 0 Å². The van der Waals surface area contributed by atoms with Crippen LogP contribution < -0.4 is 0 Å². The zero-order chi connectivity index (χ0) is 14.0. The van der Waals surface area contributed by atoms with Crippen molar-refractivity contribution in [3.63, 3.8) is 0 Å². The lowest BCUT2D eigenvalue weighted by Crippen LogP contribution is -2.46. The maximum atomic E-state index is 11.9. The summed E-state index contributed by atoms with van der Waals surface area (Å²) in [5.41, 5.74) is 0. The van der Waals surface area contributed by atoms with Crippen molar-refractivity contribution in [2.24, 2.45) is 5.92 Å². The number of likely N-dealkylation sites (N-methyl/N-ethyl adjacent to an activating group) is 1. The molecule has 0 aromatic rings. The first-order valence-corrected chi connectivity index (χ1v) is 6.75. The molecule has 0 spiro atoms. The summed E-state index contributed by atoms with van der Waals surface area (Å²) in [7, 11) is 1.52. The number of imide groups is 1. The van der Waals surface area contributed by atoms with Gasteiger partial charge in [-0.15, -0.1) is 0 Å². The Balaban J connectivity index is 1.89. The van der Waals surface area contributed by atoms with E-state index in [0.717, 1.165) is 0 Å². The molecule has 106 valence electrons. The molecule has 2 heterocycles. The normalized spacial score (nSPS) is 26.0. The van der Waals surface area contributed by atoms with Gasteiger partial charge >= 0.3 is 5.97 Å². The monoisotopic (exact) mass is 268 g/mol. The minimum atomic E-state index is -0.333. The number of hydrogen-bond acceptors (Lipinski definition) is 5. The third kappa shape index (κ3) is 2.78. The lowest BCUT2D eigenvalue weighted by atomic mass is 9.95. The minimum Gasteiger partial charge on any atom is -0.466 e. The third-order valence-corrected chi connectivity index (χ3v) is 3.95. The molecule has 0 radical (unpaired) electrons. The van der Waals surface area contributed by atoms with E-state index in [0.29, 0.717) is 32.5 Å². The van der Waals surface area contributed by atoms with Crippen molar-refractivity contribution in [1.29, 1.82) is 0 Å². The molecule has 2 saturated heterocycles. The number of carbonyl (C=O) groups excluding carboxylic acids is 3. The van der Waals surface area contributed by atoms with Crippen molar-refractivity contribution in [3.05, 3.63) is 0 Å². The van der Waals surface area contributed by atoms with Crippen LogP contribution in [0.4, 0.5) is 0 Å². The fraction of sp³-hybridized carbons (Fsp3) is 0.769. The standard InChI is InChI=1S/C13H20N2O4/c1-3-19-13(18)9-4-6-15(7-5-9)10-8-11(16)14(2)12(10)17/h9-10H,3-8H2,1-2H3. The number of amides is 2. The lowest BCUT2D eigenvalue weighted by Gasteiger charge is -2.33. The number of nitrogens with zero attached hydrogens (tertiary/aromatic N) is 2. The van der Waals surface area contributed by atoms with Gasteiger partial charge in [0.1, 0.15) is 0 Å². The lowest BCUT2D eigenvalue weighted by molar-refractivity contribution is -0.150. The van der Waals surface area contributed by atoms with Crippen LogP contribution in [-0.2, 0) is 19.1 Å². The van der Waals surface area contributed by atoms with Crippen molar-refractivity contribution >= 4 is 17.8 Å². The second kappa shape index (κ2) is 5.69. The van der Waals surface area contributed by atoms with Gasteiger partial charge in [0.25, 0.3) is 0 Å². The molecule has 6 nitrogen and oxygen atoms in total. The molecule has 0 bridgehead atoms. The molecule has 2 aliphatic heterocycles. The highest BCUT2D eigenvalue weighted by molar-refractivity contribution is 6.05. The zero-order valence-corrected chi connectivity index (χ0v) is 11.4. The van der Waals surface area contributed by atoms with Gasteiger partial charge in [-0.1, -0.05) is 0 Å². The summed E-state index contributed by atoms with van der Waals surface area (Å²) in [5.74, 6) is -0.462. The second-order valence-corrected chi connectivity index (χ2v) is 5.07. The maximum absolute atomic E-state index is 11.9. The van der Waals surface area contributed by atoms with E-state index in [4.69, 9.17) is 4.74 Å². The molecule has 19 heavy (non-hydrogen) atoms. The predicted octanol–water partition coefficient (Wildman–Crippen LogP) is 0.0188. The van der Waals surface area contributed by atoms with E-state index >= 15 is 0 Å². The molecule has 0 N–H and O–H groups in total. The Hall–Kier alpha value is -1.43. The van der Waals surface area contributed by atoms with Crippen LogP contribution in [0.15, 0.2) is 0 Å². The van der Waals surface area contributed by atoms with Crippen molar-refractivity contribution in [2.45, 2.75) is 32.2 Å². The molecule has 0 aromatic heterocycles. The van der Waals surface area contributed by atoms with E-state index in [1.807, 2.05) is 4.90 Å². The molecule has 0 saturated carbocycles. The highest BCUT2D eigenvalue weighted by atomic mass is 16.5.